The highest BCUT2D eigenvalue weighted by Crippen LogP contribution is 2.43. The molecule has 0 atom stereocenters. The number of fused-ring (bicyclic) bond motifs is 3. The van der Waals surface area contributed by atoms with Crippen molar-refractivity contribution in [3.8, 4) is 16.9 Å². The summed E-state index contributed by atoms with van der Waals surface area (Å²) in [5, 5.41) is 0. The molecule has 1 aliphatic carbocycles. The summed E-state index contributed by atoms with van der Waals surface area (Å²) in [5.41, 5.74) is 5.30. The number of alkyl halides is 2. The first kappa shape index (κ1) is 12.2. The average Bonchev–Trinajstić information content (AvgIpc) is 2.76. The lowest BCUT2D eigenvalue weighted by Gasteiger charge is -2.11. The van der Waals surface area contributed by atoms with Crippen molar-refractivity contribution in [2.45, 2.75) is 26.4 Å². The minimum Gasteiger partial charge on any atom is -0.434 e. The van der Waals surface area contributed by atoms with Crippen LogP contribution in [0, 0.1) is 0 Å². The molecule has 0 aliphatic heterocycles. The maximum absolute atomic E-state index is 12.5. The van der Waals surface area contributed by atoms with Gasteiger partial charge in [0.2, 0.25) is 0 Å². The van der Waals surface area contributed by atoms with E-state index in [1.165, 1.54) is 11.1 Å². The van der Waals surface area contributed by atoms with Crippen molar-refractivity contribution >= 4 is 0 Å². The van der Waals surface area contributed by atoms with Gasteiger partial charge in [-0.3, -0.25) is 0 Å². The van der Waals surface area contributed by atoms with Crippen molar-refractivity contribution in [1.29, 1.82) is 0 Å². The molecule has 19 heavy (non-hydrogen) atoms. The van der Waals surface area contributed by atoms with Gasteiger partial charge in [0.25, 0.3) is 0 Å². The first-order valence-electron chi connectivity index (χ1n) is 6.38. The molecule has 98 valence electrons. The average molecular weight is 260 g/mol. The van der Waals surface area contributed by atoms with Gasteiger partial charge in [-0.15, -0.1) is 0 Å². The highest BCUT2D eigenvalue weighted by molar-refractivity contribution is 5.82. The van der Waals surface area contributed by atoms with Crippen LogP contribution in [0.5, 0.6) is 5.75 Å². The van der Waals surface area contributed by atoms with E-state index in [4.69, 9.17) is 0 Å². The second-order valence-electron chi connectivity index (χ2n) is 4.69. The fourth-order valence-electron chi connectivity index (χ4n) is 2.66. The molecule has 2 aromatic rings. The molecule has 0 spiro atoms. The molecule has 0 saturated carbocycles. The molecule has 3 rings (SSSR count). The van der Waals surface area contributed by atoms with Crippen LogP contribution < -0.4 is 4.74 Å². The lowest BCUT2D eigenvalue weighted by Crippen LogP contribution is -2.03. The van der Waals surface area contributed by atoms with Gasteiger partial charge in [-0.05, 0) is 41.2 Å². The molecule has 0 radical (unpaired) electrons. The second kappa shape index (κ2) is 4.65. The first-order valence-corrected chi connectivity index (χ1v) is 6.38. The zero-order valence-corrected chi connectivity index (χ0v) is 10.6. The summed E-state index contributed by atoms with van der Waals surface area (Å²) in [5.74, 6) is 0.277. The lowest BCUT2D eigenvalue weighted by atomic mass is 10.0. The molecule has 0 aromatic heterocycles. The van der Waals surface area contributed by atoms with Crippen LogP contribution in [0.1, 0.15) is 23.6 Å². The van der Waals surface area contributed by atoms with Gasteiger partial charge in [-0.25, -0.2) is 0 Å². The quantitative estimate of drug-likeness (QED) is 0.677. The van der Waals surface area contributed by atoms with Crippen LogP contribution in [0.15, 0.2) is 36.4 Å². The molecule has 3 heteroatoms. The van der Waals surface area contributed by atoms with Crippen molar-refractivity contribution in [2.24, 2.45) is 0 Å². The molecule has 1 aliphatic rings. The Balaban J connectivity index is 2.14. The van der Waals surface area contributed by atoms with Crippen molar-refractivity contribution < 1.29 is 13.5 Å². The van der Waals surface area contributed by atoms with E-state index in [2.05, 4.69) is 29.9 Å². The zero-order valence-electron chi connectivity index (χ0n) is 10.6. The standard InChI is InChI=1S/C16H14F2O/c1-2-10-6-7-11-9-12-4-3-5-14(19-16(17)18)15(12)13(11)8-10/h3-8,16H,2,9H2,1H3. The Kier molecular flexibility index (Phi) is 2.97. The molecule has 0 amide bonds. The fourth-order valence-corrected chi connectivity index (χ4v) is 2.66. The van der Waals surface area contributed by atoms with Gasteiger partial charge in [0.05, 0.1) is 0 Å². The van der Waals surface area contributed by atoms with Crippen molar-refractivity contribution in [3.63, 3.8) is 0 Å². The SMILES string of the molecule is CCc1ccc2c(c1)-c1c(cccc1OC(F)F)C2. The van der Waals surface area contributed by atoms with Crippen LogP contribution >= 0.6 is 0 Å². The number of hydrogen-bond acceptors (Lipinski definition) is 1. The summed E-state index contributed by atoms with van der Waals surface area (Å²) in [6.45, 7) is -0.705. The molecular formula is C16H14F2O. The summed E-state index contributed by atoms with van der Waals surface area (Å²) >= 11 is 0. The van der Waals surface area contributed by atoms with Crippen LogP contribution in [0.4, 0.5) is 8.78 Å². The lowest BCUT2D eigenvalue weighted by molar-refractivity contribution is -0.0494. The Morgan fingerprint density at radius 2 is 2.00 bits per heavy atom. The van der Waals surface area contributed by atoms with E-state index in [1.54, 1.807) is 12.1 Å². The van der Waals surface area contributed by atoms with E-state index >= 15 is 0 Å². The third kappa shape index (κ3) is 2.09. The number of aryl methyl sites for hydroxylation is 1. The van der Waals surface area contributed by atoms with Crippen LogP contribution in [0.3, 0.4) is 0 Å². The van der Waals surface area contributed by atoms with E-state index in [9.17, 15) is 8.78 Å². The van der Waals surface area contributed by atoms with E-state index in [1.807, 2.05) is 6.07 Å². The fraction of sp³-hybridized carbons (Fsp3) is 0.250. The Labute approximate surface area is 110 Å². The molecule has 0 bridgehead atoms. The smallest absolute Gasteiger partial charge is 0.387 e. The molecule has 0 heterocycles. The topological polar surface area (TPSA) is 9.23 Å². The highest BCUT2D eigenvalue weighted by atomic mass is 19.3. The summed E-state index contributed by atoms with van der Waals surface area (Å²) in [6.07, 6.45) is 1.72. The monoisotopic (exact) mass is 260 g/mol. The zero-order chi connectivity index (χ0) is 13.4. The Hall–Kier alpha value is -1.90. The van der Waals surface area contributed by atoms with Gasteiger partial charge < -0.3 is 4.74 Å². The van der Waals surface area contributed by atoms with Crippen molar-refractivity contribution in [3.05, 3.63) is 53.1 Å². The van der Waals surface area contributed by atoms with Crippen LogP contribution in [-0.2, 0) is 12.8 Å². The predicted octanol–water partition coefficient (Wildman–Crippen LogP) is 4.42. The Bertz CT molecular complexity index is 620. The third-order valence-corrected chi connectivity index (χ3v) is 3.56. The second-order valence-corrected chi connectivity index (χ2v) is 4.69. The predicted molar refractivity (Wildman–Crippen MR) is 70.7 cm³/mol. The van der Waals surface area contributed by atoms with E-state index in [-0.39, 0.29) is 5.75 Å². The Morgan fingerprint density at radius 1 is 1.16 bits per heavy atom. The summed E-state index contributed by atoms with van der Waals surface area (Å²) in [7, 11) is 0. The van der Waals surface area contributed by atoms with Gasteiger partial charge in [0.15, 0.2) is 0 Å². The number of hydrogen-bond donors (Lipinski definition) is 0. The maximum Gasteiger partial charge on any atom is 0.387 e. The summed E-state index contributed by atoms with van der Waals surface area (Å²) in [4.78, 5) is 0. The summed E-state index contributed by atoms with van der Waals surface area (Å²) in [6, 6.07) is 11.6. The van der Waals surface area contributed by atoms with Gasteiger partial charge >= 0.3 is 6.61 Å². The first-order chi connectivity index (χ1) is 9.19. The van der Waals surface area contributed by atoms with Gasteiger partial charge in [0, 0.05) is 5.56 Å². The molecule has 0 N–H and O–H groups in total. The van der Waals surface area contributed by atoms with Crippen LogP contribution in [0.25, 0.3) is 11.1 Å². The molecule has 0 unspecified atom stereocenters. The molecule has 0 saturated heterocycles. The van der Waals surface area contributed by atoms with E-state index in [0.717, 1.165) is 29.5 Å². The maximum atomic E-state index is 12.5. The van der Waals surface area contributed by atoms with Crippen LogP contribution in [0.2, 0.25) is 0 Å². The summed E-state index contributed by atoms with van der Waals surface area (Å²) < 4.78 is 29.6. The van der Waals surface area contributed by atoms with Crippen LogP contribution in [-0.4, -0.2) is 6.61 Å². The van der Waals surface area contributed by atoms with Gasteiger partial charge in [0.1, 0.15) is 5.75 Å². The minimum atomic E-state index is -2.79. The van der Waals surface area contributed by atoms with Gasteiger partial charge in [-0.1, -0.05) is 37.3 Å². The van der Waals surface area contributed by atoms with E-state index < -0.39 is 6.61 Å². The number of benzene rings is 2. The largest absolute Gasteiger partial charge is 0.434 e. The number of halogens is 2. The highest BCUT2D eigenvalue weighted by Gasteiger charge is 2.23. The van der Waals surface area contributed by atoms with E-state index in [0.29, 0.717) is 0 Å². The third-order valence-electron chi connectivity index (χ3n) is 3.56. The van der Waals surface area contributed by atoms with Gasteiger partial charge in [-0.2, -0.15) is 8.78 Å². The molecule has 2 aromatic carbocycles. The number of rotatable bonds is 3. The normalized spacial score (nSPS) is 12.4. The van der Waals surface area contributed by atoms with Crippen molar-refractivity contribution in [1.82, 2.24) is 0 Å². The Morgan fingerprint density at radius 3 is 2.74 bits per heavy atom. The minimum absolute atomic E-state index is 0.277. The van der Waals surface area contributed by atoms with Crippen molar-refractivity contribution in [2.75, 3.05) is 0 Å². The number of ether oxygens (including phenoxy) is 1. The molecule has 0 fully saturated rings. The molecule has 1 nitrogen and oxygen atoms in total. The molecular weight excluding hydrogens is 246 g/mol.